The van der Waals surface area contributed by atoms with Crippen LogP contribution >= 0.6 is 23.4 Å². The second-order valence-electron chi connectivity index (χ2n) is 3.74. The molecule has 1 aromatic heterocycles. The highest BCUT2D eigenvalue weighted by Gasteiger charge is 2.01. The molecule has 1 aromatic carbocycles. The number of nitrogens with zero attached hydrogens (tertiary/aromatic N) is 2. The monoisotopic (exact) mass is 279 g/mol. The van der Waals surface area contributed by atoms with E-state index in [1.54, 1.807) is 18.0 Å². The first-order chi connectivity index (χ1) is 8.78. The number of halogens is 1. The molecule has 0 saturated heterocycles. The van der Waals surface area contributed by atoms with Crippen LogP contribution in [0.5, 0.6) is 0 Å². The molecule has 0 bridgehead atoms. The molecule has 0 amide bonds. The molecule has 0 fully saturated rings. The van der Waals surface area contributed by atoms with Crippen LogP contribution in [0, 0.1) is 0 Å². The van der Waals surface area contributed by atoms with Crippen LogP contribution in [0.3, 0.4) is 0 Å². The lowest BCUT2D eigenvalue weighted by Crippen LogP contribution is -2.08. The summed E-state index contributed by atoms with van der Waals surface area (Å²) in [5, 5.41) is 3.83. The second kappa shape index (κ2) is 6.73. The van der Waals surface area contributed by atoms with Crippen molar-refractivity contribution in [1.82, 2.24) is 15.3 Å². The molecular weight excluding hydrogens is 266 g/mol. The fourth-order valence-corrected chi connectivity index (χ4v) is 2.57. The Labute approximate surface area is 116 Å². The summed E-state index contributed by atoms with van der Waals surface area (Å²) in [5.74, 6) is 1.59. The van der Waals surface area contributed by atoms with Gasteiger partial charge in [-0.2, -0.15) is 0 Å². The summed E-state index contributed by atoms with van der Waals surface area (Å²) in [7, 11) is 1.91. The van der Waals surface area contributed by atoms with Gasteiger partial charge in [-0.05, 0) is 31.3 Å². The topological polar surface area (TPSA) is 37.8 Å². The molecule has 2 rings (SSSR count). The van der Waals surface area contributed by atoms with Gasteiger partial charge >= 0.3 is 0 Å². The molecule has 0 unspecified atom stereocenters. The Morgan fingerprint density at radius 2 is 2.22 bits per heavy atom. The summed E-state index contributed by atoms with van der Waals surface area (Å²) >= 11 is 7.62. The van der Waals surface area contributed by atoms with Crippen molar-refractivity contribution in [2.45, 2.75) is 17.2 Å². The maximum atomic E-state index is 5.94. The molecule has 1 N–H and O–H groups in total. The fourth-order valence-electron chi connectivity index (χ4n) is 1.50. The van der Waals surface area contributed by atoms with Crippen LogP contribution in [0.25, 0.3) is 0 Å². The summed E-state index contributed by atoms with van der Waals surface area (Å²) < 4.78 is 0. The molecular formula is C13H14ClN3S. The lowest BCUT2D eigenvalue weighted by molar-refractivity contribution is 0.777. The summed E-state index contributed by atoms with van der Waals surface area (Å²) in [4.78, 5) is 9.87. The lowest BCUT2D eigenvalue weighted by Gasteiger charge is -2.03. The second-order valence-corrected chi connectivity index (χ2v) is 5.23. The van der Waals surface area contributed by atoms with Gasteiger partial charge in [-0.3, -0.25) is 0 Å². The number of nitrogens with one attached hydrogen (secondary N) is 1. The zero-order valence-electron chi connectivity index (χ0n) is 10.1. The van der Waals surface area contributed by atoms with Gasteiger partial charge in [-0.1, -0.05) is 17.7 Å². The Balaban J connectivity index is 1.99. The minimum Gasteiger partial charge on any atom is -0.314 e. The highest BCUT2D eigenvalue weighted by Crippen LogP contribution is 2.23. The third kappa shape index (κ3) is 3.98. The van der Waals surface area contributed by atoms with Crippen LogP contribution in [0.1, 0.15) is 11.5 Å². The zero-order valence-corrected chi connectivity index (χ0v) is 11.6. The van der Waals surface area contributed by atoms with Gasteiger partial charge in [0, 0.05) is 22.7 Å². The van der Waals surface area contributed by atoms with Gasteiger partial charge < -0.3 is 5.32 Å². The summed E-state index contributed by atoms with van der Waals surface area (Å²) in [6.07, 6.45) is 1.80. The van der Waals surface area contributed by atoms with E-state index in [0.29, 0.717) is 0 Å². The predicted molar refractivity (Wildman–Crippen MR) is 75.8 cm³/mol. The predicted octanol–water partition coefficient (Wildman–Crippen LogP) is 3.14. The highest BCUT2D eigenvalue weighted by molar-refractivity contribution is 7.98. The molecule has 2 aromatic rings. The van der Waals surface area contributed by atoms with Crippen molar-refractivity contribution in [2.75, 3.05) is 7.05 Å². The van der Waals surface area contributed by atoms with Crippen molar-refractivity contribution < 1.29 is 0 Å². The number of hydrogen-bond acceptors (Lipinski definition) is 4. The van der Waals surface area contributed by atoms with Gasteiger partial charge in [0.2, 0.25) is 0 Å². The van der Waals surface area contributed by atoms with Gasteiger partial charge in [-0.25, -0.2) is 9.97 Å². The molecule has 0 aliphatic rings. The van der Waals surface area contributed by atoms with E-state index < -0.39 is 0 Å². The molecule has 0 saturated carbocycles. The normalized spacial score (nSPS) is 10.6. The number of aromatic nitrogens is 2. The highest BCUT2D eigenvalue weighted by atomic mass is 35.5. The van der Waals surface area contributed by atoms with Gasteiger partial charge in [0.15, 0.2) is 0 Å². The van der Waals surface area contributed by atoms with Crippen LogP contribution in [0.4, 0.5) is 0 Å². The fraction of sp³-hybridized carbons (Fsp3) is 0.231. The third-order valence-corrected chi connectivity index (χ3v) is 3.51. The molecule has 18 heavy (non-hydrogen) atoms. The minimum atomic E-state index is 0.748. The van der Waals surface area contributed by atoms with Crippen LogP contribution in [0.15, 0.2) is 41.4 Å². The molecule has 0 aliphatic carbocycles. The Morgan fingerprint density at radius 1 is 1.33 bits per heavy atom. The first-order valence-corrected chi connectivity index (χ1v) is 6.98. The molecule has 0 radical (unpaired) electrons. The van der Waals surface area contributed by atoms with Crippen LogP contribution in [0.2, 0.25) is 5.02 Å². The summed E-state index contributed by atoms with van der Waals surface area (Å²) in [6.45, 7) is 0.761. The van der Waals surface area contributed by atoms with Gasteiger partial charge in [0.05, 0.1) is 11.4 Å². The van der Waals surface area contributed by atoms with E-state index >= 15 is 0 Å². The van der Waals surface area contributed by atoms with Crippen molar-refractivity contribution in [3.8, 4) is 0 Å². The van der Waals surface area contributed by atoms with E-state index in [0.717, 1.165) is 33.7 Å². The maximum absolute atomic E-state index is 5.94. The smallest absolute Gasteiger partial charge is 0.138 e. The van der Waals surface area contributed by atoms with Crippen molar-refractivity contribution in [2.24, 2.45) is 0 Å². The Hall–Kier alpha value is -1.10. The van der Waals surface area contributed by atoms with E-state index in [1.165, 1.54) is 0 Å². The number of rotatable bonds is 5. The largest absolute Gasteiger partial charge is 0.314 e. The maximum Gasteiger partial charge on any atom is 0.138 e. The van der Waals surface area contributed by atoms with Crippen molar-refractivity contribution in [1.29, 1.82) is 0 Å². The van der Waals surface area contributed by atoms with Gasteiger partial charge in [0.1, 0.15) is 5.82 Å². The molecule has 0 aliphatic heterocycles. The number of hydrogen-bond donors (Lipinski definition) is 1. The van der Waals surface area contributed by atoms with E-state index in [-0.39, 0.29) is 0 Å². The van der Waals surface area contributed by atoms with Crippen LogP contribution in [-0.2, 0) is 12.3 Å². The molecule has 94 valence electrons. The molecule has 0 spiro atoms. The van der Waals surface area contributed by atoms with Crippen molar-refractivity contribution in [3.05, 3.63) is 53.1 Å². The Kier molecular flexibility index (Phi) is 4.99. The first-order valence-electron chi connectivity index (χ1n) is 5.61. The van der Waals surface area contributed by atoms with E-state index in [2.05, 4.69) is 15.3 Å². The molecule has 5 heteroatoms. The third-order valence-electron chi connectivity index (χ3n) is 2.29. The van der Waals surface area contributed by atoms with Crippen molar-refractivity contribution in [3.63, 3.8) is 0 Å². The Morgan fingerprint density at radius 3 is 3.00 bits per heavy atom. The standard InChI is InChI=1S/C13H14ClN3S/c1-15-8-11-5-6-16-13(17-11)9-18-12-4-2-3-10(14)7-12/h2-7,15H,8-9H2,1H3. The molecule has 3 nitrogen and oxygen atoms in total. The van der Waals surface area contributed by atoms with Crippen molar-refractivity contribution >= 4 is 23.4 Å². The molecule has 0 atom stereocenters. The Bertz CT molecular complexity index is 519. The zero-order chi connectivity index (χ0) is 12.8. The summed E-state index contributed by atoms with van der Waals surface area (Å²) in [5.41, 5.74) is 1.01. The lowest BCUT2D eigenvalue weighted by atomic mass is 10.4. The van der Waals surface area contributed by atoms with E-state index in [1.807, 2.05) is 37.4 Å². The van der Waals surface area contributed by atoms with E-state index in [4.69, 9.17) is 11.6 Å². The van der Waals surface area contributed by atoms with Gasteiger partial charge in [0.25, 0.3) is 0 Å². The summed E-state index contributed by atoms with van der Waals surface area (Å²) in [6, 6.07) is 9.72. The number of benzene rings is 1. The average Bonchev–Trinajstić information content (AvgIpc) is 2.37. The minimum absolute atomic E-state index is 0.748. The average molecular weight is 280 g/mol. The van der Waals surface area contributed by atoms with Crippen LogP contribution in [-0.4, -0.2) is 17.0 Å². The van der Waals surface area contributed by atoms with Crippen LogP contribution < -0.4 is 5.32 Å². The quantitative estimate of drug-likeness (QED) is 0.854. The molecule has 1 heterocycles. The SMILES string of the molecule is CNCc1ccnc(CSc2cccc(Cl)c2)n1. The number of thioether (sulfide) groups is 1. The van der Waals surface area contributed by atoms with Gasteiger partial charge in [-0.15, -0.1) is 11.8 Å². The first kappa shape index (κ1) is 13.3. The van der Waals surface area contributed by atoms with E-state index in [9.17, 15) is 0 Å².